The highest BCUT2D eigenvalue weighted by Gasteiger charge is 2.19. The van der Waals surface area contributed by atoms with Gasteiger partial charge in [0.15, 0.2) is 0 Å². The number of halogens is 2. The highest BCUT2D eigenvalue weighted by atomic mass is 79.9. The van der Waals surface area contributed by atoms with Gasteiger partial charge in [0.25, 0.3) is 17.5 Å². The van der Waals surface area contributed by atoms with Crippen LogP contribution in [0.5, 0.6) is 5.75 Å². The van der Waals surface area contributed by atoms with E-state index < -0.39 is 16.7 Å². The SMILES string of the molecule is COc1ccc(Br)cc1C(=O)NC(=Cc1cccc([N+](=O)[O-])c1)C(=O)Nc1ccc(C)c(Cl)c1. The molecule has 0 saturated carbocycles. The number of ether oxygens (including phenoxy) is 1. The van der Waals surface area contributed by atoms with Crippen LogP contribution in [-0.2, 0) is 4.79 Å². The molecule has 0 aliphatic rings. The second-order valence-corrected chi connectivity index (χ2v) is 8.45. The number of carbonyl (C=O) groups is 2. The average molecular weight is 545 g/mol. The molecule has 0 atom stereocenters. The lowest BCUT2D eigenvalue weighted by Crippen LogP contribution is -2.31. The molecule has 0 aromatic heterocycles. The standard InChI is InChI=1S/C24H19BrClN3O5/c1-14-6-8-17(13-20(14)26)27-24(31)21(11-15-4-3-5-18(10-15)29(32)33)28-23(30)19-12-16(25)7-9-22(19)34-2/h3-13H,1-2H3,(H,27,31)(H,28,30). The van der Waals surface area contributed by atoms with E-state index in [2.05, 4.69) is 26.6 Å². The van der Waals surface area contributed by atoms with E-state index in [-0.39, 0.29) is 16.9 Å². The molecule has 3 aromatic rings. The summed E-state index contributed by atoms with van der Waals surface area (Å²) in [7, 11) is 1.42. The smallest absolute Gasteiger partial charge is 0.272 e. The van der Waals surface area contributed by atoms with Crippen molar-refractivity contribution >= 4 is 56.8 Å². The van der Waals surface area contributed by atoms with E-state index in [1.807, 2.05) is 6.92 Å². The van der Waals surface area contributed by atoms with E-state index in [4.69, 9.17) is 16.3 Å². The fourth-order valence-corrected chi connectivity index (χ4v) is 3.51. The Hall–Kier alpha value is -3.69. The summed E-state index contributed by atoms with van der Waals surface area (Å²) >= 11 is 9.46. The number of hydrogen-bond donors (Lipinski definition) is 2. The quantitative estimate of drug-likeness (QED) is 0.224. The van der Waals surface area contributed by atoms with Gasteiger partial charge in [0.1, 0.15) is 11.4 Å². The first kappa shape index (κ1) is 24.9. The number of anilines is 1. The number of aryl methyl sites for hydroxylation is 1. The van der Waals surface area contributed by atoms with Crippen LogP contribution in [0.3, 0.4) is 0 Å². The van der Waals surface area contributed by atoms with Crippen molar-refractivity contribution in [1.29, 1.82) is 0 Å². The molecule has 8 nitrogen and oxygen atoms in total. The van der Waals surface area contributed by atoms with E-state index in [0.29, 0.717) is 26.5 Å². The van der Waals surface area contributed by atoms with Crippen LogP contribution >= 0.6 is 27.5 Å². The molecule has 0 spiro atoms. The third-order valence-corrected chi connectivity index (χ3v) is 5.62. The van der Waals surface area contributed by atoms with E-state index in [1.165, 1.54) is 31.4 Å². The van der Waals surface area contributed by atoms with Crippen LogP contribution < -0.4 is 15.4 Å². The number of nitrogens with one attached hydrogen (secondary N) is 2. The maximum atomic E-state index is 13.1. The molecular weight excluding hydrogens is 526 g/mol. The minimum atomic E-state index is -0.645. The van der Waals surface area contributed by atoms with Crippen molar-refractivity contribution < 1.29 is 19.2 Å². The first-order valence-electron chi connectivity index (χ1n) is 9.86. The largest absolute Gasteiger partial charge is 0.496 e. The number of nitrogens with zero attached hydrogens (tertiary/aromatic N) is 1. The molecule has 2 amide bonds. The van der Waals surface area contributed by atoms with Crippen LogP contribution in [0.1, 0.15) is 21.5 Å². The molecule has 0 saturated heterocycles. The number of nitro groups is 1. The normalized spacial score (nSPS) is 11.0. The van der Waals surface area contributed by atoms with Gasteiger partial charge in [-0.15, -0.1) is 0 Å². The zero-order chi connectivity index (χ0) is 24.8. The Bertz CT molecular complexity index is 1310. The predicted molar refractivity (Wildman–Crippen MR) is 134 cm³/mol. The first-order valence-corrected chi connectivity index (χ1v) is 11.0. The number of rotatable bonds is 7. The summed E-state index contributed by atoms with van der Waals surface area (Å²) < 4.78 is 5.89. The van der Waals surface area contributed by atoms with Crippen molar-refractivity contribution in [3.8, 4) is 5.75 Å². The number of non-ortho nitro benzene ring substituents is 1. The van der Waals surface area contributed by atoms with E-state index in [9.17, 15) is 19.7 Å². The van der Waals surface area contributed by atoms with Crippen molar-refractivity contribution in [2.75, 3.05) is 12.4 Å². The molecule has 3 rings (SSSR count). The lowest BCUT2D eigenvalue weighted by molar-refractivity contribution is -0.384. The highest BCUT2D eigenvalue weighted by molar-refractivity contribution is 9.10. The van der Waals surface area contributed by atoms with E-state index >= 15 is 0 Å². The third kappa shape index (κ3) is 6.21. The number of nitro benzene ring substituents is 1. The van der Waals surface area contributed by atoms with Crippen molar-refractivity contribution in [3.05, 3.63) is 103 Å². The number of benzene rings is 3. The Balaban J connectivity index is 1.99. The zero-order valence-electron chi connectivity index (χ0n) is 18.1. The molecule has 0 radical (unpaired) electrons. The van der Waals surface area contributed by atoms with Crippen LogP contribution in [-0.4, -0.2) is 23.8 Å². The number of methoxy groups -OCH3 is 1. The van der Waals surface area contributed by atoms with Gasteiger partial charge >= 0.3 is 0 Å². The van der Waals surface area contributed by atoms with Gasteiger partial charge in [0.05, 0.1) is 17.6 Å². The molecule has 10 heteroatoms. The summed E-state index contributed by atoms with van der Waals surface area (Å²) in [6.45, 7) is 1.83. The van der Waals surface area contributed by atoms with Gasteiger partial charge < -0.3 is 15.4 Å². The summed E-state index contributed by atoms with van der Waals surface area (Å²) in [6.07, 6.45) is 1.35. The second kappa shape index (κ2) is 11.0. The van der Waals surface area contributed by atoms with Crippen molar-refractivity contribution in [3.63, 3.8) is 0 Å². The number of hydrogen-bond acceptors (Lipinski definition) is 5. The molecule has 0 fully saturated rings. The molecule has 0 aliphatic carbocycles. The fourth-order valence-electron chi connectivity index (χ4n) is 2.97. The molecule has 0 heterocycles. The minimum Gasteiger partial charge on any atom is -0.496 e. The van der Waals surface area contributed by atoms with Gasteiger partial charge in [-0.25, -0.2) is 0 Å². The Morgan fingerprint density at radius 3 is 2.56 bits per heavy atom. The Morgan fingerprint density at radius 2 is 1.88 bits per heavy atom. The Labute approximate surface area is 208 Å². The van der Waals surface area contributed by atoms with E-state index in [0.717, 1.165) is 5.56 Å². The number of amides is 2. The summed E-state index contributed by atoms with van der Waals surface area (Å²) in [5, 5.41) is 16.9. The second-order valence-electron chi connectivity index (χ2n) is 7.13. The summed E-state index contributed by atoms with van der Waals surface area (Å²) in [4.78, 5) is 36.8. The summed E-state index contributed by atoms with van der Waals surface area (Å²) in [5.41, 5.74) is 1.50. The molecule has 3 aromatic carbocycles. The predicted octanol–water partition coefficient (Wildman–Crippen LogP) is 5.74. The maximum Gasteiger partial charge on any atom is 0.272 e. The molecule has 0 aliphatic heterocycles. The maximum absolute atomic E-state index is 13.1. The van der Waals surface area contributed by atoms with Crippen LogP contribution in [0.2, 0.25) is 5.02 Å². The highest BCUT2D eigenvalue weighted by Crippen LogP contribution is 2.24. The van der Waals surface area contributed by atoms with Crippen molar-refractivity contribution in [1.82, 2.24) is 5.32 Å². The summed E-state index contributed by atoms with van der Waals surface area (Å²) in [6, 6.07) is 15.6. The van der Waals surface area contributed by atoms with Gasteiger partial charge in [0.2, 0.25) is 0 Å². The summed E-state index contributed by atoms with van der Waals surface area (Å²) in [5.74, 6) is -0.943. The molecule has 0 unspecified atom stereocenters. The van der Waals surface area contributed by atoms with Crippen LogP contribution in [0.25, 0.3) is 6.08 Å². The molecule has 2 N–H and O–H groups in total. The van der Waals surface area contributed by atoms with Gasteiger partial charge in [-0.05, 0) is 54.5 Å². The van der Waals surface area contributed by atoms with Crippen molar-refractivity contribution in [2.24, 2.45) is 0 Å². The lowest BCUT2D eigenvalue weighted by atomic mass is 10.1. The van der Waals surface area contributed by atoms with Crippen molar-refractivity contribution in [2.45, 2.75) is 6.92 Å². The Morgan fingerprint density at radius 1 is 1.12 bits per heavy atom. The van der Waals surface area contributed by atoms with Gasteiger partial charge in [-0.2, -0.15) is 0 Å². The number of carbonyl (C=O) groups excluding carboxylic acids is 2. The average Bonchev–Trinajstić information content (AvgIpc) is 2.81. The van der Waals surface area contributed by atoms with Crippen LogP contribution in [0, 0.1) is 17.0 Å². The monoisotopic (exact) mass is 543 g/mol. The van der Waals surface area contributed by atoms with Crippen LogP contribution in [0.15, 0.2) is 70.8 Å². The molecular formula is C24H19BrClN3O5. The lowest BCUT2D eigenvalue weighted by Gasteiger charge is -2.14. The zero-order valence-corrected chi connectivity index (χ0v) is 20.4. The van der Waals surface area contributed by atoms with Gasteiger partial charge in [0, 0.05) is 27.3 Å². The molecule has 174 valence electrons. The van der Waals surface area contributed by atoms with E-state index in [1.54, 1.807) is 42.5 Å². The van der Waals surface area contributed by atoms with Crippen LogP contribution in [0.4, 0.5) is 11.4 Å². The third-order valence-electron chi connectivity index (χ3n) is 4.72. The topological polar surface area (TPSA) is 111 Å². The first-order chi connectivity index (χ1) is 16.2. The Kier molecular flexibility index (Phi) is 8.04. The molecule has 0 bridgehead atoms. The van der Waals surface area contributed by atoms with Gasteiger partial charge in [-0.3, -0.25) is 19.7 Å². The minimum absolute atomic E-state index is 0.135. The van der Waals surface area contributed by atoms with Gasteiger partial charge in [-0.1, -0.05) is 45.7 Å². The fraction of sp³-hybridized carbons (Fsp3) is 0.0833. The molecule has 34 heavy (non-hydrogen) atoms.